The lowest BCUT2D eigenvalue weighted by molar-refractivity contribution is -0.115. The van der Waals surface area contributed by atoms with E-state index < -0.39 is 5.91 Å². The zero-order valence-corrected chi connectivity index (χ0v) is 16.1. The molecule has 5 nitrogen and oxygen atoms in total. The number of furan rings is 1. The van der Waals surface area contributed by atoms with Crippen molar-refractivity contribution in [3.8, 4) is 11.3 Å². The highest BCUT2D eigenvalue weighted by molar-refractivity contribution is 7.80. The third-order valence-electron chi connectivity index (χ3n) is 3.36. The van der Waals surface area contributed by atoms with E-state index in [-0.39, 0.29) is 5.11 Å². The SMILES string of the molecule is O=C(C=Cc1ccc(-c2ccc(Cl)cc2)o1)NC(=S)Nc1ccc(Cl)cn1. The number of aromatic nitrogens is 1. The fourth-order valence-electron chi connectivity index (χ4n) is 2.12. The van der Waals surface area contributed by atoms with Crippen molar-refractivity contribution in [3.63, 3.8) is 0 Å². The molecule has 0 saturated heterocycles. The summed E-state index contributed by atoms with van der Waals surface area (Å²) < 4.78 is 5.69. The predicted octanol–water partition coefficient (Wildman–Crippen LogP) is 5.17. The zero-order valence-electron chi connectivity index (χ0n) is 13.8. The van der Waals surface area contributed by atoms with Gasteiger partial charge < -0.3 is 9.73 Å². The summed E-state index contributed by atoms with van der Waals surface area (Å²) in [6.07, 6.45) is 4.36. The second kappa shape index (κ2) is 8.81. The molecule has 1 amide bonds. The number of amides is 1. The van der Waals surface area contributed by atoms with Crippen LogP contribution in [0.15, 0.2) is 65.2 Å². The van der Waals surface area contributed by atoms with Crippen LogP contribution in [0, 0.1) is 0 Å². The van der Waals surface area contributed by atoms with Gasteiger partial charge in [-0.2, -0.15) is 0 Å². The fraction of sp³-hybridized carbons (Fsp3) is 0. The molecule has 3 aromatic rings. The molecule has 0 aliphatic rings. The van der Waals surface area contributed by atoms with E-state index >= 15 is 0 Å². The first-order valence-corrected chi connectivity index (χ1v) is 8.93. The molecule has 0 saturated carbocycles. The lowest BCUT2D eigenvalue weighted by Crippen LogP contribution is -2.33. The van der Waals surface area contributed by atoms with Gasteiger partial charge in [-0.3, -0.25) is 10.1 Å². The predicted molar refractivity (Wildman–Crippen MR) is 112 cm³/mol. The molecule has 0 aliphatic carbocycles. The quantitative estimate of drug-likeness (QED) is 0.452. The molecule has 0 aliphatic heterocycles. The minimum absolute atomic E-state index is 0.126. The van der Waals surface area contributed by atoms with Gasteiger partial charge in [0, 0.05) is 22.9 Å². The Morgan fingerprint density at radius 3 is 2.48 bits per heavy atom. The van der Waals surface area contributed by atoms with Crippen molar-refractivity contribution in [1.82, 2.24) is 10.3 Å². The number of halogens is 2. The number of pyridine rings is 1. The number of thiocarbonyl (C=S) groups is 1. The Morgan fingerprint density at radius 1 is 1.04 bits per heavy atom. The van der Waals surface area contributed by atoms with Crippen molar-refractivity contribution in [1.29, 1.82) is 0 Å². The Morgan fingerprint density at radius 2 is 1.78 bits per heavy atom. The van der Waals surface area contributed by atoms with Gasteiger partial charge in [0.05, 0.1) is 5.02 Å². The van der Waals surface area contributed by atoms with Gasteiger partial charge in [0.2, 0.25) is 5.91 Å². The summed E-state index contributed by atoms with van der Waals surface area (Å²) in [5.74, 6) is 1.30. The largest absolute Gasteiger partial charge is 0.457 e. The van der Waals surface area contributed by atoms with Crippen LogP contribution in [0.4, 0.5) is 5.82 Å². The summed E-state index contributed by atoms with van der Waals surface area (Å²) in [7, 11) is 0. The van der Waals surface area contributed by atoms with Gasteiger partial charge in [0.15, 0.2) is 5.11 Å². The number of nitrogens with one attached hydrogen (secondary N) is 2. The van der Waals surface area contributed by atoms with Crippen molar-refractivity contribution < 1.29 is 9.21 Å². The van der Waals surface area contributed by atoms with Crippen LogP contribution in [0.2, 0.25) is 10.0 Å². The van der Waals surface area contributed by atoms with Crippen LogP contribution >= 0.6 is 35.4 Å². The van der Waals surface area contributed by atoms with Crippen LogP contribution in [0.3, 0.4) is 0 Å². The van der Waals surface area contributed by atoms with Gasteiger partial charge in [-0.05, 0) is 66.8 Å². The van der Waals surface area contributed by atoms with E-state index in [0.29, 0.717) is 27.4 Å². The molecule has 2 N–H and O–H groups in total. The van der Waals surface area contributed by atoms with Crippen molar-refractivity contribution in [2.75, 3.05) is 5.32 Å². The standard InChI is InChI=1S/C19H13Cl2N3O2S/c20-13-3-1-12(2-4-13)16-8-6-15(26-16)7-10-18(25)24-19(27)23-17-9-5-14(21)11-22-17/h1-11H,(H2,22,23,24,25,27). The first-order valence-electron chi connectivity index (χ1n) is 7.77. The van der Waals surface area contributed by atoms with E-state index in [0.717, 1.165) is 5.56 Å². The fourth-order valence-corrected chi connectivity index (χ4v) is 2.56. The third-order valence-corrected chi connectivity index (χ3v) is 4.04. The lowest BCUT2D eigenvalue weighted by atomic mass is 10.2. The van der Waals surface area contributed by atoms with E-state index in [2.05, 4.69) is 15.6 Å². The summed E-state index contributed by atoms with van der Waals surface area (Å²) in [5.41, 5.74) is 0.893. The molecule has 0 spiro atoms. The molecule has 0 fully saturated rings. The van der Waals surface area contributed by atoms with Crippen molar-refractivity contribution in [2.45, 2.75) is 0 Å². The molecule has 136 valence electrons. The minimum Gasteiger partial charge on any atom is -0.457 e. The summed E-state index contributed by atoms with van der Waals surface area (Å²) in [4.78, 5) is 16.0. The molecule has 2 heterocycles. The van der Waals surface area contributed by atoms with Gasteiger partial charge in [0.25, 0.3) is 0 Å². The normalized spacial score (nSPS) is 10.7. The first-order chi connectivity index (χ1) is 13.0. The average molecular weight is 418 g/mol. The number of hydrogen-bond donors (Lipinski definition) is 2. The molecular formula is C19H13Cl2N3O2S. The Kier molecular flexibility index (Phi) is 6.24. The number of nitrogens with zero attached hydrogens (tertiary/aromatic N) is 1. The molecule has 0 atom stereocenters. The molecule has 27 heavy (non-hydrogen) atoms. The maximum atomic E-state index is 12.0. The van der Waals surface area contributed by atoms with Crippen molar-refractivity contribution in [2.24, 2.45) is 0 Å². The number of carbonyl (C=O) groups excluding carboxylic acids is 1. The maximum Gasteiger partial charge on any atom is 0.250 e. The number of anilines is 1. The molecule has 2 aromatic heterocycles. The lowest BCUT2D eigenvalue weighted by Gasteiger charge is -2.06. The summed E-state index contributed by atoms with van der Waals surface area (Å²) in [5, 5.41) is 6.60. The van der Waals surface area contributed by atoms with Crippen LogP contribution in [0.1, 0.15) is 5.76 Å². The van der Waals surface area contributed by atoms with Crippen LogP contribution < -0.4 is 10.6 Å². The average Bonchev–Trinajstić information content (AvgIpc) is 3.11. The van der Waals surface area contributed by atoms with E-state index in [1.165, 1.54) is 12.3 Å². The minimum atomic E-state index is -0.397. The molecule has 1 aromatic carbocycles. The maximum absolute atomic E-state index is 12.0. The van der Waals surface area contributed by atoms with Gasteiger partial charge in [0.1, 0.15) is 17.3 Å². The third kappa shape index (κ3) is 5.65. The second-order valence-electron chi connectivity index (χ2n) is 5.35. The number of hydrogen-bond acceptors (Lipinski definition) is 4. The molecule has 0 bridgehead atoms. The summed E-state index contributed by atoms with van der Waals surface area (Å²) in [6, 6.07) is 14.2. The van der Waals surface area contributed by atoms with Crippen molar-refractivity contribution in [3.05, 3.63) is 76.6 Å². The highest BCUT2D eigenvalue weighted by Crippen LogP contribution is 2.24. The zero-order chi connectivity index (χ0) is 19.2. The second-order valence-corrected chi connectivity index (χ2v) is 6.63. The molecule has 8 heteroatoms. The van der Waals surface area contributed by atoms with E-state index in [1.54, 1.807) is 36.4 Å². The van der Waals surface area contributed by atoms with Gasteiger partial charge in [-0.15, -0.1) is 0 Å². The van der Waals surface area contributed by atoms with Gasteiger partial charge in [-0.25, -0.2) is 4.98 Å². The molecular weight excluding hydrogens is 405 g/mol. The Hall–Kier alpha value is -2.67. The Bertz CT molecular complexity index is 983. The van der Waals surface area contributed by atoms with Crippen LogP contribution in [0.5, 0.6) is 0 Å². The highest BCUT2D eigenvalue weighted by atomic mass is 35.5. The van der Waals surface area contributed by atoms with E-state index in [9.17, 15) is 4.79 Å². The topological polar surface area (TPSA) is 67.2 Å². The Balaban J connectivity index is 1.56. The van der Waals surface area contributed by atoms with Gasteiger partial charge in [-0.1, -0.05) is 23.2 Å². The number of carbonyl (C=O) groups is 1. The van der Waals surface area contributed by atoms with Gasteiger partial charge >= 0.3 is 0 Å². The van der Waals surface area contributed by atoms with E-state index in [4.69, 9.17) is 39.8 Å². The monoisotopic (exact) mass is 417 g/mol. The molecule has 0 radical (unpaired) electrons. The summed E-state index contributed by atoms with van der Waals surface area (Å²) >= 11 is 16.7. The highest BCUT2D eigenvalue weighted by Gasteiger charge is 2.05. The van der Waals surface area contributed by atoms with Crippen LogP contribution in [0.25, 0.3) is 17.4 Å². The van der Waals surface area contributed by atoms with E-state index in [1.807, 2.05) is 18.2 Å². The number of rotatable bonds is 4. The first kappa shape index (κ1) is 19.1. The van der Waals surface area contributed by atoms with Crippen LogP contribution in [-0.2, 0) is 4.79 Å². The smallest absolute Gasteiger partial charge is 0.250 e. The van der Waals surface area contributed by atoms with Crippen LogP contribution in [-0.4, -0.2) is 16.0 Å². The summed E-state index contributed by atoms with van der Waals surface area (Å²) in [6.45, 7) is 0. The number of benzene rings is 1. The molecule has 3 rings (SSSR count). The molecule has 0 unspecified atom stereocenters. The van der Waals surface area contributed by atoms with Crippen molar-refractivity contribution >= 4 is 58.3 Å². The Labute approximate surface area is 171 Å².